The number of carbonyl (C=O) groups is 1. The zero-order chi connectivity index (χ0) is 12.6. The lowest BCUT2D eigenvalue weighted by molar-refractivity contribution is -0.142. The van der Waals surface area contributed by atoms with Crippen LogP contribution in [-0.4, -0.2) is 35.9 Å². The van der Waals surface area contributed by atoms with Crippen molar-refractivity contribution in [1.29, 1.82) is 5.41 Å². The fraction of sp³-hybridized carbons (Fsp3) is 0.600. The number of nitrogens with two attached hydrogens (primary N) is 1. The second kappa shape index (κ2) is 7.08. The molecule has 6 heteroatoms. The van der Waals surface area contributed by atoms with Gasteiger partial charge < -0.3 is 21.6 Å². The number of rotatable bonds is 8. The van der Waals surface area contributed by atoms with Crippen molar-refractivity contribution in [2.75, 3.05) is 13.1 Å². The summed E-state index contributed by atoms with van der Waals surface area (Å²) in [4.78, 5) is 10.6. The van der Waals surface area contributed by atoms with E-state index in [0.29, 0.717) is 13.1 Å². The Balaban J connectivity index is 3.95. The van der Waals surface area contributed by atoms with E-state index >= 15 is 0 Å². The second-order valence-electron chi connectivity index (χ2n) is 3.74. The van der Waals surface area contributed by atoms with Gasteiger partial charge in [-0.1, -0.05) is 6.08 Å². The summed E-state index contributed by atoms with van der Waals surface area (Å²) in [6.07, 6.45) is 2.51. The lowest BCUT2D eigenvalue weighted by Gasteiger charge is -2.16. The van der Waals surface area contributed by atoms with Crippen LogP contribution in [0.5, 0.6) is 0 Å². The highest BCUT2D eigenvalue weighted by molar-refractivity contribution is 5.78. The number of carboxylic acid groups (broad SMARTS) is 1. The Labute approximate surface area is 94.0 Å². The molecule has 0 fully saturated rings. The minimum absolute atomic E-state index is 0.0429. The molecule has 92 valence electrons. The maximum atomic E-state index is 13.1. The summed E-state index contributed by atoms with van der Waals surface area (Å²) in [5.74, 6) is -1.55. The van der Waals surface area contributed by atoms with E-state index in [1.165, 1.54) is 19.2 Å². The fourth-order valence-electron chi connectivity index (χ4n) is 0.894. The lowest BCUT2D eigenvalue weighted by atomic mass is 9.99. The second-order valence-corrected chi connectivity index (χ2v) is 3.74. The molecule has 5 nitrogen and oxygen atoms in total. The molecule has 0 aliphatic heterocycles. The summed E-state index contributed by atoms with van der Waals surface area (Å²) in [7, 11) is 0. The minimum atomic E-state index is -1.43. The Morgan fingerprint density at radius 3 is 2.81 bits per heavy atom. The first-order valence-corrected chi connectivity index (χ1v) is 4.96. The average molecular weight is 231 g/mol. The van der Waals surface area contributed by atoms with E-state index in [1.54, 1.807) is 0 Å². The molecule has 0 amide bonds. The van der Waals surface area contributed by atoms with Gasteiger partial charge in [-0.25, -0.2) is 4.39 Å². The van der Waals surface area contributed by atoms with Crippen LogP contribution in [0.15, 0.2) is 11.9 Å². The van der Waals surface area contributed by atoms with Crippen molar-refractivity contribution in [2.45, 2.75) is 25.3 Å². The summed E-state index contributed by atoms with van der Waals surface area (Å²) < 4.78 is 13.1. The van der Waals surface area contributed by atoms with Gasteiger partial charge in [0.1, 0.15) is 5.54 Å². The molecule has 16 heavy (non-hydrogen) atoms. The van der Waals surface area contributed by atoms with Gasteiger partial charge >= 0.3 is 5.97 Å². The Hall–Kier alpha value is -1.27. The molecule has 0 saturated carbocycles. The molecule has 0 aromatic rings. The third-order valence-corrected chi connectivity index (χ3v) is 2.02. The van der Waals surface area contributed by atoms with Crippen LogP contribution in [-0.2, 0) is 4.79 Å². The van der Waals surface area contributed by atoms with E-state index in [9.17, 15) is 9.18 Å². The van der Waals surface area contributed by atoms with Crippen molar-refractivity contribution < 1.29 is 14.3 Å². The topological polar surface area (TPSA) is 99.2 Å². The van der Waals surface area contributed by atoms with Gasteiger partial charge in [-0.2, -0.15) is 0 Å². The number of aliphatic carboxylic acids is 1. The molecule has 0 saturated heterocycles. The minimum Gasteiger partial charge on any atom is -0.480 e. The van der Waals surface area contributed by atoms with E-state index in [4.69, 9.17) is 16.2 Å². The lowest BCUT2D eigenvalue weighted by Crippen LogP contribution is -2.44. The zero-order valence-corrected chi connectivity index (χ0v) is 9.29. The van der Waals surface area contributed by atoms with E-state index < -0.39 is 17.3 Å². The van der Waals surface area contributed by atoms with Crippen LogP contribution in [0.4, 0.5) is 4.39 Å². The van der Waals surface area contributed by atoms with Crippen LogP contribution in [0, 0.1) is 5.41 Å². The normalized spacial score (nSPS) is 15.6. The summed E-state index contributed by atoms with van der Waals surface area (Å²) in [5, 5.41) is 18.2. The highest BCUT2D eigenvalue weighted by atomic mass is 19.1. The van der Waals surface area contributed by atoms with Gasteiger partial charge in [-0.3, -0.25) is 4.79 Å². The Morgan fingerprint density at radius 2 is 2.31 bits per heavy atom. The first kappa shape index (κ1) is 14.7. The molecule has 0 spiro atoms. The van der Waals surface area contributed by atoms with Crippen LogP contribution in [0.25, 0.3) is 0 Å². The van der Waals surface area contributed by atoms with Crippen LogP contribution in [0.3, 0.4) is 0 Å². The standard InChI is InChI=1S/C10H18FN3O2/c1-10(13,9(15)16)4-2-8(11)3-6-14-7-5-12/h2,5,12,14H,3-4,6-7,13H2,1H3,(H,15,16)/b8-2-,12-5?/t10-/m0/s1. The smallest absolute Gasteiger partial charge is 0.323 e. The van der Waals surface area contributed by atoms with Gasteiger partial charge in [0.05, 0.1) is 5.83 Å². The Morgan fingerprint density at radius 1 is 1.69 bits per heavy atom. The van der Waals surface area contributed by atoms with Gasteiger partial charge in [-0.15, -0.1) is 0 Å². The zero-order valence-electron chi connectivity index (χ0n) is 9.29. The predicted octanol–water partition coefficient (Wildman–Crippen LogP) is 0.661. The van der Waals surface area contributed by atoms with E-state index in [-0.39, 0.29) is 12.8 Å². The fourth-order valence-corrected chi connectivity index (χ4v) is 0.894. The van der Waals surface area contributed by atoms with Crippen molar-refractivity contribution >= 4 is 12.2 Å². The van der Waals surface area contributed by atoms with E-state index in [2.05, 4.69) is 5.32 Å². The SMILES string of the molecule is C[C@](N)(C/C=C(\F)CCNCC=N)C(=O)O. The highest BCUT2D eigenvalue weighted by Gasteiger charge is 2.26. The molecule has 0 unspecified atom stereocenters. The molecule has 0 aliphatic carbocycles. The van der Waals surface area contributed by atoms with Crippen molar-refractivity contribution in [3.05, 3.63) is 11.9 Å². The molecule has 1 atom stereocenters. The van der Waals surface area contributed by atoms with Gasteiger partial charge in [-0.05, 0) is 13.3 Å². The molecule has 5 N–H and O–H groups in total. The molecule has 0 aromatic carbocycles. The molecule has 0 rings (SSSR count). The van der Waals surface area contributed by atoms with Gasteiger partial charge in [0.15, 0.2) is 0 Å². The maximum Gasteiger partial charge on any atom is 0.323 e. The quantitative estimate of drug-likeness (QED) is 0.364. The Kier molecular flexibility index (Phi) is 6.52. The van der Waals surface area contributed by atoms with Crippen LogP contribution in [0.1, 0.15) is 19.8 Å². The third kappa shape index (κ3) is 6.26. The van der Waals surface area contributed by atoms with Crippen LogP contribution in [0.2, 0.25) is 0 Å². The number of hydrogen-bond donors (Lipinski definition) is 4. The third-order valence-electron chi connectivity index (χ3n) is 2.02. The van der Waals surface area contributed by atoms with Crippen LogP contribution >= 0.6 is 0 Å². The van der Waals surface area contributed by atoms with E-state index in [1.807, 2.05) is 0 Å². The largest absolute Gasteiger partial charge is 0.480 e. The molecular weight excluding hydrogens is 213 g/mol. The van der Waals surface area contributed by atoms with E-state index in [0.717, 1.165) is 0 Å². The first-order valence-electron chi connectivity index (χ1n) is 4.96. The number of halogens is 1. The number of nitrogens with one attached hydrogen (secondary N) is 2. The van der Waals surface area contributed by atoms with Crippen molar-refractivity contribution in [2.24, 2.45) is 5.73 Å². The van der Waals surface area contributed by atoms with Gasteiger partial charge in [0.25, 0.3) is 0 Å². The van der Waals surface area contributed by atoms with Crippen LogP contribution < -0.4 is 11.1 Å². The van der Waals surface area contributed by atoms with Gasteiger partial charge in [0, 0.05) is 25.7 Å². The summed E-state index contributed by atoms with van der Waals surface area (Å²) in [6, 6.07) is 0. The number of carboxylic acids is 1. The summed E-state index contributed by atoms with van der Waals surface area (Å²) >= 11 is 0. The van der Waals surface area contributed by atoms with Crippen molar-refractivity contribution in [1.82, 2.24) is 5.32 Å². The predicted molar refractivity (Wildman–Crippen MR) is 60.3 cm³/mol. The molecule has 0 bridgehead atoms. The molecule has 0 aliphatic rings. The summed E-state index contributed by atoms with van der Waals surface area (Å²) in [6.45, 7) is 2.15. The Bertz CT molecular complexity index is 277. The summed E-state index contributed by atoms with van der Waals surface area (Å²) in [5.41, 5.74) is 4.00. The maximum absolute atomic E-state index is 13.1. The molecule has 0 heterocycles. The molecule has 0 aromatic heterocycles. The number of hydrogen-bond acceptors (Lipinski definition) is 4. The monoisotopic (exact) mass is 231 g/mol. The average Bonchev–Trinajstić information content (AvgIpc) is 2.21. The highest BCUT2D eigenvalue weighted by Crippen LogP contribution is 2.11. The first-order chi connectivity index (χ1) is 7.40. The molecule has 0 radical (unpaired) electrons. The van der Waals surface area contributed by atoms with Gasteiger partial charge in [0.2, 0.25) is 0 Å². The molecular formula is C10H18FN3O2. The van der Waals surface area contributed by atoms with Crippen molar-refractivity contribution in [3.63, 3.8) is 0 Å². The van der Waals surface area contributed by atoms with Crippen molar-refractivity contribution in [3.8, 4) is 0 Å².